The van der Waals surface area contributed by atoms with E-state index in [-0.39, 0.29) is 17.5 Å². The van der Waals surface area contributed by atoms with Gasteiger partial charge in [0.25, 0.3) is 0 Å². The SMILES string of the molecule is CC(NC(=O)CNS(=O)(=O)c1ccc(Cl)cc1)c1ccccc1. The fraction of sp³-hybridized carbons (Fsp3) is 0.188. The standard InChI is InChI=1S/C16H17ClN2O3S/c1-12(13-5-3-2-4-6-13)19-16(20)11-18-23(21,22)15-9-7-14(17)8-10-15/h2-10,12,18H,11H2,1H3,(H,19,20). The first kappa shape index (κ1) is 17.5. The summed E-state index contributed by atoms with van der Waals surface area (Å²) in [5, 5.41) is 3.19. The number of hydrogen-bond acceptors (Lipinski definition) is 3. The van der Waals surface area contributed by atoms with Crippen molar-refractivity contribution < 1.29 is 13.2 Å². The Hall–Kier alpha value is -1.89. The van der Waals surface area contributed by atoms with Gasteiger partial charge in [-0.2, -0.15) is 0 Å². The maximum atomic E-state index is 12.1. The minimum atomic E-state index is -3.74. The molecule has 2 N–H and O–H groups in total. The van der Waals surface area contributed by atoms with Crippen LogP contribution in [0.1, 0.15) is 18.5 Å². The van der Waals surface area contributed by atoms with Crippen LogP contribution in [0, 0.1) is 0 Å². The van der Waals surface area contributed by atoms with Crippen LogP contribution in [-0.4, -0.2) is 20.9 Å². The number of sulfonamides is 1. The highest BCUT2D eigenvalue weighted by molar-refractivity contribution is 7.89. The number of carbonyl (C=O) groups excluding carboxylic acids is 1. The first-order valence-corrected chi connectivity index (χ1v) is 8.84. The second kappa shape index (κ2) is 7.59. The van der Waals surface area contributed by atoms with Gasteiger partial charge in [-0.25, -0.2) is 13.1 Å². The molecule has 1 amide bonds. The fourth-order valence-corrected chi connectivity index (χ4v) is 3.08. The van der Waals surface area contributed by atoms with Crippen molar-refractivity contribution in [1.29, 1.82) is 0 Å². The summed E-state index contributed by atoms with van der Waals surface area (Å²) < 4.78 is 26.4. The zero-order valence-corrected chi connectivity index (χ0v) is 14.1. The molecule has 7 heteroatoms. The molecule has 1 atom stereocenters. The second-order valence-electron chi connectivity index (χ2n) is 4.98. The number of hydrogen-bond donors (Lipinski definition) is 2. The van der Waals surface area contributed by atoms with E-state index in [0.717, 1.165) is 5.56 Å². The molecule has 2 aromatic carbocycles. The predicted octanol–water partition coefficient (Wildman–Crippen LogP) is 2.50. The van der Waals surface area contributed by atoms with Gasteiger partial charge in [-0.1, -0.05) is 41.9 Å². The van der Waals surface area contributed by atoms with Crippen molar-refractivity contribution in [1.82, 2.24) is 10.0 Å². The van der Waals surface area contributed by atoms with E-state index in [9.17, 15) is 13.2 Å². The molecule has 0 aliphatic heterocycles. The van der Waals surface area contributed by atoms with Crippen LogP contribution in [0.4, 0.5) is 0 Å². The normalized spacial score (nSPS) is 12.6. The Labute approximate surface area is 140 Å². The van der Waals surface area contributed by atoms with Gasteiger partial charge < -0.3 is 5.32 Å². The molecule has 0 fully saturated rings. The molecule has 0 aliphatic rings. The molecule has 0 bridgehead atoms. The van der Waals surface area contributed by atoms with Crippen molar-refractivity contribution in [3.8, 4) is 0 Å². The van der Waals surface area contributed by atoms with Gasteiger partial charge in [0.2, 0.25) is 15.9 Å². The van der Waals surface area contributed by atoms with Crippen LogP contribution in [0.3, 0.4) is 0 Å². The van der Waals surface area contributed by atoms with Gasteiger partial charge in [0.05, 0.1) is 17.5 Å². The third-order valence-corrected chi connectivity index (χ3v) is 4.89. The maximum absolute atomic E-state index is 12.1. The molecule has 0 spiro atoms. The molecule has 1 unspecified atom stereocenters. The molecule has 0 radical (unpaired) electrons. The molecule has 2 aromatic rings. The van der Waals surface area contributed by atoms with E-state index in [2.05, 4.69) is 10.0 Å². The van der Waals surface area contributed by atoms with E-state index in [0.29, 0.717) is 5.02 Å². The van der Waals surface area contributed by atoms with Crippen LogP contribution in [0.2, 0.25) is 5.02 Å². The lowest BCUT2D eigenvalue weighted by Crippen LogP contribution is -2.38. The summed E-state index contributed by atoms with van der Waals surface area (Å²) in [6.45, 7) is 1.50. The Morgan fingerprint density at radius 1 is 1.09 bits per heavy atom. The number of amides is 1. The third-order valence-electron chi connectivity index (χ3n) is 3.22. The van der Waals surface area contributed by atoms with Crippen molar-refractivity contribution in [2.75, 3.05) is 6.54 Å². The zero-order chi connectivity index (χ0) is 16.9. The van der Waals surface area contributed by atoms with Crippen molar-refractivity contribution in [2.24, 2.45) is 0 Å². The molecule has 0 aliphatic carbocycles. The van der Waals surface area contributed by atoms with Gasteiger partial charge >= 0.3 is 0 Å². The Morgan fingerprint density at radius 2 is 1.70 bits per heavy atom. The molecule has 0 saturated carbocycles. The first-order valence-electron chi connectivity index (χ1n) is 6.98. The van der Waals surface area contributed by atoms with Crippen LogP contribution in [-0.2, 0) is 14.8 Å². The Bertz CT molecular complexity index is 762. The largest absolute Gasteiger partial charge is 0.348 e. The topological polar surface area (TPSA) is 75.3 Å². The van der Waals surface area contributed by atoms with Crippen LogP contribution in [0.25, 0.3) is 0 Å². The monoisotopic (exact) mass is 352 g/mol. The van der Waals surface area contributed by atoms with Gasteiger partial charge in [0, 0.05) is 5.02 Å². The van der Waals surface area contributed by atoms with Crippen molar-refractivity contribution >= 4 is 27.5 Å². The van der Waals surface area contributed by atoms with E-state index >= 15 is 0 Å². The fourth-order valence-electron chi connectivity index (χ4n) is 1.98. The summed E-state index contributed by atoms with van der Waals surface area (Å²) in [5.74, 6) is -0.404. The molecule has 0 saturated heterocycles. The van der Waals surface area contributed by atoms with E-state index in [4.69, 9.17) is 11.6 Å². The molecular formula is C16H17ClN2O3S. The van der Waals surface area contributed by atoms with Gasteiger partial charge in [-0.05, 0) is 36.8 Å². The molecular weight excluding hydrogens is 336 g/mol. The predicted molar refractivity (Wildman–Crippen MR) is 89.6 cm³/mol. The van der Waals surface area contributed by atoms with Crippen molar-refractivity contribution in [3.05, 3.63) is 65.2 Å². The smallest absolute Gasteiger partial charge is 0.241 e. The minimum absolute atomic E-state index is 0.0609. The van der Waals surface area contributed by atoms with E-state index in [1.807, 2.05) is 37.3 Å². The first-order chi connectivity index (χ1) is 10.9. The van der Waals surface area contributed by atoms with Crippen LogP contribution >= 0.6 is 11.6 Å². The van der Waals surface area contributed by atoms with Crippen LogP contribution in [0.15, 0.2) is 59.5 Å². The number of halogens is 1. The highest BCUT2D eigenvalue weighted by atomic mass is 35.5. The Morgan fingerprint density at radius 3 is 2.30 bits per heavy atom. The highest BCUT2D eigenvalue weighted by Crippen LogP contribution is 2.14. The number of carbonyl (C=O) groups is 1. The third kappa shape index (κ3) is 5.06. The van der Waals surface area contributed by atoms with E-state index < -0.39 is 15.9 Å². The molecule has 2 rings (SSSR count). The van der Waals surface area contributed by atoms with Gasteiger partial charge in [-0.3, -0.25) is 4.79 Å². The van der Waals surface area contributed by atoms with Crippen molar-refractivity contribution in [3.63, 3.8) is 0 Å². The average molecular weight is 353 g/mol. The summed E-state index contributed by atoms with van der Waals surface area (Å²) in [5.41, 5.74) is 0.946. The number of rotatable bonds is 6. The summed E-state index contributed by atoms with van der Waals surface area (Å²) >= 11 is 5.73. The van der Waals surface area contributed by atoms with Gasteiger partial charge in [0.15, 0.2) is 0 Å². The van der Waals surface area contributed by atoms with Crippen LogP contribution in [0.5, 0.6) is 0 Å². The summed E-state index contributed by atoms with van der Waals surface area (Å²) in [6.07, 6.45) is 0. The lowest BCUT2D eigenvalue weighted by atomic mass is 10.1. The molecule has 0 aromatic heterocycles. The lowest BCUT2D eigenvalue weighted by molar-refractivity contribution is -0.120. The van der Waals surface area contributed by atoms with Crippen molar-refractivity contribution in [2.45, 2.75) is 17.9 Å². The quantitative estimate of drug-likeness (QED) is 0.838. The zero-order valence-electron chi connectivity index (χ0n) is 12.5. The van der Waals surface area contributed by atoms with E-state index in [1.54, 1.807) is 0 Å². The molecule has 122 valence electrons. The molecule has 23 heavy (non-hydrogen) atoms. The van der Waals surface area contributed by atoms with Gasteiger partial charge in [0.1, 0.15) is 0 Å². The molecule has 5 nitrogen and oxygen atoms in total. The Kier molecular flexibility index (Phi) is 5.76. The van der Waals surface area contributed by atoms with Gasteiger partial charge in [-0.15, -0.1) is 0 Å². The second-order valence-corrected chi connectivity index (χ2v) is 7.18. The minimum Gasteiger partial charge on any atom is -0.348 e. The molecule has 0 heterocycles. The average Bonchev–Trinajstić information content (AvgIpc) is 2.54. The number of benzene rings is 2. The lowest BCUT2D eigenvalue weighted by Gasteiger charge is -2.14. The van der Waals surface area contributed by atoms with Crippen LogP contribution < -0.4 is 10.0 Å². The Balaban J connectivity index is 1.92. The maximum Gasteiger partial charge on any atom is 0.241 e. The summed E-state index contributed by atoms with van der Waals surface area (Å²) in [7, 11) is -3.74. The highest BCUT2D eigenvalue weighted by Gasteiger charge is 2.16. The summed E-state index contributed by atoms with van der Waals surface area (Å²) in [4.78, 5) is 12.0. The summed E-state index contributed by atoms with van der Waals surface area (Å²) in [6, 6.07) is 14.9. The van der Waals surface area contributed by atoms with E-state index in [1.165, 1.54) is 24.3 Å². The number of nitrogens with one attached hydrogen (secondary N) is 2.